The Morgan fingerprint density at radius 2 is 1.81 bits per heavy atom. The van der Waals surface area contributed by atoms with E-state index in [-0.39, 0.29) is 12.2 Å². The summed E-state index contributed by atoms with van der Waals surface area (Å²) in [4.78, 5) is 26.2. The number of benzene rings is 3. The summed E-state index contributed by atoms with van der Waals surface area (Å²) in [6.45, 7) is 0.355. The van der Waals surface area contributed by atoms with Gasteiger partial charge in [-0.2, -0.15) is 0 Å². The van der Waals surface area contributed by atoms with Crippen LogP contribution in [0.25, 0.3) is 0 Å². The van der Waals surface area contributed by atoms with Crippen molar-refractivity contribution < 1.29 is 23.1 Å². The molecule has 158 valence electrons. The van der Waals surface area contributed by atoms with Gasteiger partial charge >= 0.3 is 0 Å². The number of nitrogens with zero attached hydrogens (tertiary/aromatic N) is 1. The van der Waals surface area contributed by atoms with Crippen LogP contribution in [0.4, 0.5) is 14.5 Å². The van der Waals surface area contributed by atoms with Gasteiger partial charge in [0.25, 0.3) is 0 Å². The average molecular weight is 422 g/mol. The third kappa shape index (κ3) is 4.26. The average Bonchev–Trinajstić information content (AvgIpc) is 3.10. The lowest BCUT2D eigenvalue weighted by Gasteiger charge is -2.18. The number of nitrogens with two attached hydrogens (primary N) is 1. The summed E-state index contributed by atoms with van der Waals surface area (Å²) in [6, 6.07) is 19.6. The highest BCUT2D eigenvalue weighted by molar-refractivity contribution is 6.10. The van der Waals surface area contributed by atoms with E-state index in [1.54, 1.807) is 6.07 Å². The fraction of sp³-hybridized carbons (Fsp3) is 0.167. The molecule has 2 atom stereocenters. The lowest BCUT2D eigenvalue weighted by Crippen LogP contribution is -2.34. The lowest BCUT2D eigenvalue weighted by molar-refractivity contribution is -0.130. The molecule has 0 aliphatic carbocycles. The van der Waals surface area contributed by atoms with Gasteiger partial charge in [-0.15, -0.1) is 0 Å². The molecule has 5 nitrogen and oxygen atoms in total. The van der Waals surface area contributed by atoms with E-state index < -0.39 is 35.3 Å². The Hall–Kier alpha value is -3.74. The number of carbonyl (C=O) groups excluding carboxylic acids is 2. The van der Waals surface area contributed by atoms with Crippen LogP contribution in [-0.4, -0.2) is 18.4 Å². The Labute approximate surface area is 178 Å². The molecule has 3 aromatic rings. The fourth-order valence-electron chi connectivity index (χ4n) is 3.86. The smallest absolute Gasteiger partial charge is 0.240 e. The van der Waals surface area contributed by atoms with Gasteiger partial charge in [-0.1, -0.05) is 42.5 Å². The molecule has 4 rings (SSSR count). The van der Waals surface area contributed by atoms with E-state index in [1.807, 2.05) is 48.5 Å². The molecular weight excluding hydrogens is 402 g/mol. The van der Waals surface area contributed by atoms with Gasteiger partial charge in [0, 0.05) is 18.5 Å². The SMILES string of the molecule is NC(=O)C1C(=O)N(c2ccc(F)cc2F)CC1c1cccc(COc2ccccc2)c1. The molecular formula is C24H20F2N2O3. The van der Waals surface area contributed by atoms with Crippen LogP contribution in [0.3, 0.4) is 0 Å². The molecule has 0 radical (unpaired) electrons. The van der Waals surface area contributed by atoms with Gasteiger partial charge in [0.1, 0.15) is 29.9 Å². The number of hydrogen-bond acceptors (Lipinski definition) is 3. The number of carbonyl (C=O) groups is 2. The predicted molar refractivity (Wildman–Crippen MR) is 111 cm³/mol. The van der Waals surface area contributed by atoms with Gasteiger partial charge in [-0.05, 0) is 35.4 Å². The molecule has 3 aromatic carbocycles. The highest BCUT2D eigenvalue weighted by Crippen LogP contribution is 2.37. The summed E-state index contributed by atoms with van der Waals surface area (Å²) < 4.78 is 33.3. The van der Waals surface area contributed by atoms with Crippen LogP contribution in [0.1, 0.15) is 17.0 Å². The van der Waals surface area contributed by atoms with Crippen LogP contribution >= 0.6 is 0 Å². The van der Waals surface area contributed by atoms with E-state index in [9.17, 15) is 18.4 Å². The van der Waals surface area contributed by atoms with Crippen LogP contribution in [0.5, 0.6) is 5.75 Å². The van der Waals surface area contributed by atoms with Crippen LogP contribution in [0, 0.1) is 17.6 Å². The zero-order chi connectivity index (χ0) is 22.0. The van der Waals surface area contributed by atoms with Gasteiger partial charge in [0.2, 0.25) is 11.8 Å². The van der Waals surface area contributed by atoms with E-state index in [0.29, 0.717) is 12.7 Å². The van der Waals surface area contributed by atoms with Crippen LogP contribution in [-0.2, 0) is 16.2 Å². The summed E-state index contributed by atoms with van der Waals surface area (Å²) in [5, 5.41) is 0. The van der Waals surface area contributed by atoms with Crippen molar-refractivity contribution in [3.05, 3.63) is 95.6 Å². The van der Waals surface area contributed by atoms with Gasteiger partial charge < -0.3 is 15.4 Å². The number of anilines is 1. The Bertz CT molecular complexity index is 1120. The number of rotatable bonds is 6. The second kappa shape index (κ2) is 8.55. The third-order valence-electron chi connectivity index (χ3n) is 5.35. The van der Waals surface area contributed by atoms with Crippen molar-refractivity contribution in [3.63, 3.8) is 0 Å². The van der Waals surface area contributed by atoms with Gasteiger partial charge in [0.05, 0.1) is 5.69 Å². The summed E-state index contributed by atoms with van der Waals surface area (Å²) >= 11 is 0. The molecule has 2 N–H and O–H groups in total. The summed E-state index contributed by atoms with van der Waals surface area (Å²) in [6.07, 6.45) is 0. The Kier molecular flexibility index (Phi) is 5.66. The maximum absolute atomic E-state index is 14.3. The summed E-state index contributed by atoms with van der Waals surface area (Å²) in [5.74, 6) is -4.00. The van der Waals surface area contributed by atoms with E-state index in [1.165, 1.54) is 6.07 Å². The van der Waals surface area contributed by atoms with Crippen molar-refractivity contribution in [3.8, 4) is 5.75 Å². The number of ether oxygens (including phenoxy) is 1. The Morgan fingerprint density at radius 3 is 2.52 bits per heavy atom. The minimum absolute atomic E-state index is 0.0536. The van der Waals surface area contributed by atoms with Crippen LogP contribution in [0.15, 0.2) is 72.8 Å². The van der Waals surface area contributed by atoms with Gasteiger partial charge in [-0.25, -0.2) is 8.78 Å². The predicted octanol–water partition coefficient (Wildman–Crippen LogP) is 3.78. The standard InChI is InChI=1S/C24H20F2N2O3/c25-17-9-10-21(20(26)12-17)28-13-19(22(23(27)29)24(28)30)16-6-4-5-15(11-16)14-31-18-7-2-1-3-8-18/h1-12,19,22H,13-14H2,(H2,27,29). The molecule has 2 unspecified atom stereocenters. The van der Waals surface area contributed by atoms with E-state index in [2.05, 4.69) is 0 Å². The largest absolute Gasteiger partial charge is 0.489 e. The Morgan fingerprint density at radius 1 is 1.03 bits per heavy atom. The molecule has 1 aliphatic heterocycles. The number of hydrogen-bond donors (Lipinski definition) is 1. The van der Waals surface area contributed by atoms with Gasteiger partial charge in [0.15, 0.2) is 0 Å². The molecule has 1 aliphatic rings. The van der Waals surface area contributed by atoms with Crippen molar-refractivity contribution in [2.45, 2.75) is 12.5 Å². The maximum atomic E-state index is 14.3. The first kappa shape index (κ1) is 20.5. The lowest BCUT2D eigenvalue weighted by atomic mass is 9.87. The van der Waals surface area contributed by atoms with Crippen molar-refractivity contribution in [2.75, 3.05) is 11.4 Å². The van der Waals surface area contributed by atoms with Crippen molar-refractivity contribution >= 4 is 17.5 Å². The second-order valence-electron chi connectivity index (χ2n) is 7.38. The fourth-order valence-corrected chi connectivity index (χ4v) is 3.86. The van der Waals surface area contributed by atoms with Gasteiger partial charge in [-0.3, -0.25) is 9.59 Å². The van der Waals surface area contributed by atoms with E-state index in [0.717, 1.165) is 27.8 Å². The third-order valence-corrected chi connectivity index (χ3v) is 5.35. The van der Waals surface area contributed by atoms with E-state index >= 15 is 0 Å². The minimum Gasteiger partial charge on any atom is -0.489 e. The first-order chi connectivity index (χ1) is 14.9. The second-order valence-corrected chi connectivity index (χ2v) is 7.38. The number of para-hydroxylation sites is 1. The van der Waals surface area contributed by atoms with Crippen molar-refractivity contribution in [1.29, 1.82) is 0 Å². The highest BCUT2D eigenvalue weighted by atomic mass is 19.1. The zero-order valence-electron chi connectivity index (χ0n) is 16.5. The molecule has 0 aromatic heterocycles. The number of amides is 2. The molecule has 31 heavy (non-hydrogen) atoms. The zero-order valence-corrected chi connectivity index (χ0v) is 16.5. The molecule has 7 heteroatoms. The van der Waals surface area contributed by atoms with E-state index in [4.69, 9.17) is 10.5 Å². The first-order valence-electron chi connectivity index (χ1n) is 9.76. The summed E-state index contributed by atoms with van der Waals surface area (Å²) in [5.41, 5.74) is 7.02. The molecule has 0 bridgehead atoms. The van der Waals surface area contributed by atoms with Crippen LogP contribution in [0.2, 0.25) is 0 Å². The molecule has 1 saturated heterocycles. The van der Waals surface area contributed by atoms with Crippen LogP contribution < -0.4 is 15.4 Å². The normalized spacial score (nSPS) is 18.3. The summed E-state index contributed by atoms with van der Waals surface area (Å²) in [7, 11) is 0. The first-order valence-corrected chi connectivity index (χ1v) is 9.76. The molecule has 1 heterocycles. The number of primary amides is 1. The highest BCUT2D eigenvalue weighted by Gasteiger charge is 2.45. The molecule has 2 amide bonds. The quantitative estimate of drug-likeness (QED) is 0.615. The molecule has 0 saturated carbocycles. The van der Waals surface area contributed by atoms with Crippen molar-refractivity contribution in [1.82, 2.24) is 0 Å². The Balaban J connectivity index is 1.60. The topological polar surface area (TPSA) is 72.6 Å². The number of halogens is 2. The maximum Gasteiger partial charge on any atom is 0.240 e. The monoisotopic (exact) mass is 422 g/mol. The van der Waals surface area contributed by atoms with Crippen molar-refractivity contribution in [2.24, 2.45) is 11.7 Å². The molecule has 1 fully saturated rings. The minimum atomic E-state index is -1.14. The molecule has 0 spiro atoms.